The molecule has 29 heavy (non-hydrogen) atoms. The summed E-state index contributed by atoms with van der Waals surface area (Å²) in [5.74, 6) is 0. The summed E-state index contributed by atoms with van der Waals surface area (Å²) in [5.41, 5.74) is 7.70. The van der Waals surface area contributed by atoms with Crippen molar-refractivity contribution in [1.82, 2.24) is 4.57 Å². The molecule has 5 rings (SSSR count). The number of nitrogens with zero attached hydrogens (tertiary/aromatic N) is 1. The van der Waals surface area contributed by atoms with Crippen LogP contribution in [0.1, 0.15) is 26.3 Å². The Bertz CT molecular complexity index is 1320. The molecule has 0 aliphatic heterocycles. The summed E-state index contributed by atoms with van der Waals surface area (Å²) >= 11 is 0. The number of para-hydroxylation sites is 2. The van der Waals surface area contributed by atoms with Crippen molar-refractivity contribution >= 4 is 21.8 Å². The Labute approximate surface area is 172 Å². The number of hydrogen-bond acceptors (Lipinski definition) is 0. The predicted octanol–water partition coefficient (Wildman–Crippen LogP) is 7.75. The zero-order chi connectivity index (χ0) is 20.0. The van der Waals surface area contributed by atoms with E-state index in [-0.39, 0.29) is 5.41 Å². The zero-order valence-corrected chi connectivity index (χ0v) is 17.2. The molecule has 4 aromatic carbocycles. The molecular weight excluding hydrogens is 350 g/mol. The first-order chi connectivity index (χ1) is 14.0. The molecule has 142 valence electrons. The standard InChI is InChI=1S/C28H25N/c1-28(2,3)22-11-9-10-20(18-22)21-16-17-25-24-14-7-8-15-26(24)29(27(25)19-21)23-12-5-4-6-13-23/h4-19H,1-3H3. The molecular formula is C28H25N. The second kappa shape index (κ2) is 6.63. The Morgan fingerprint density at radius 1 is 0.552 bits per heavy atom. The molecule has 5 aromatic rings. The monoisotopic (exact) mass is 375 g/mol. The molecule has 0 bridgehead atoms. The van der Waals surface area contributed by atoms with Crippen molar-refractivity contribution < 1.29 is 0 Å². The van der Waals surface area contributed by atoms with Gasteiger partial charge in [0.15, 0.2) is 0 Å². The van der Waals surface area contributed by atoms with Crippen LogP contribution in [0.2, 0.25) is 0 Å². The summed E-state index contributed by atoms with van der Waals surface area (Å²) in [6.45, 7) is 6.80. The molecule has 0 atom stereocenters. The summed E-state index contributed by atoms with van der Waals surface area (Å²) in [6, 6.07) is 35.1. The second-order valence-corrected chi connectivity index (χ2v) is 8.75. The third kappa shape index (κ3) is 3.03. The van der Waals surface area contributed by atoms with E-state index in [9.17, 15) is 0 Å². The second-order valence-electron chi connectivity index (χ2n) is 8.75. The number of fused-ring (bicyclic) bond motifs is 3. The summed E-state index contributed by atoms with van der Waals surface area (Å²) in [7, 11) is 0. The van der Waals surface area contributed by atoms with Gasteiger partial charge in [0.05, 0.1) is 11.0 Å². The van der Waals surface area contributed by atoms with Gasteiger partial charge in [0.2, 0.25) is 0 Å². The topological polar surface area (TPSA) is 4.93 Å². The van der Waals surface area contributed by atoms with Crippen LogP contribution in [0.25, 0.3) is 38.6 Å². The maximum absolute atomic E-state index is 2.38. The molecule has 0 aliphatic rings. The summed E-state index contributed by atoms with van der Waals surface area (Å²) in [4.78, 5) is 0. The first-order valence-corrected chi connectivity index (χ1v) is 10.2. The van der Waals surface area contributed by atoms with Gasteiger partial charge in [-0.05, 0) is 46.4 Å². The van der Waals surface area contributed by atoms with Crippen LogP contribution in [0.5, 0.6) is 0 Å². The van der Waals surface area contributed by atoms with Crippen LogP contribution in [0.15, 0.2) is 97.1 Å². The maximum Gasteiger partial charge on any atom is 0.0547 e. The highest BCUT2D eigenvalue weighted by molar-refractivity contribution is 6.10. The lowest BCUT2D eigenvalue weighted by molar-refractivity contribution is 0.590. The van der Waals surface area contributed by atoms with Gasteiger partial charge in [0.1, 0.15) is 0 Å². The third-order valence-electron chi connectivity index (χ3n) is 5.75. The lowest BCUT2D eigenvalue weighted by atomic mass is 9.85. The molecule has 0 spiro atoms. The van der Waals surface area contributed by atoms with Crippen LogP contribution in [-0.4, -0.2) is 4.57 Å². The minimum absolute atomic E-state index is 0.138. The summed E-state index contributed by atoms with van der Waals surface area (Å²) in [6.07, 6.45) is 0. The van der Waals surface area contributed by atoms with E-state index >= 15 is 0 Å². The first-order valence-electron chi connectivity index (χ1n) is 10.2. The molecule has 0 radical (unpaired) electrons. The van der Waals surface area contributed by atoms with Gasteiger partial charge in [-0.2, -0.15) is 0 Å². The van der Waals surface area contributed by atoms with Gasteiger partial charge >= 0.3 is 0 Å². The number of aromatic nitrogens is 1. The Hall–Kier alpha value is -3.32. The molecule has 0 amide bonds. The van der Waals surface area contributed by atoms with Crippen molar-refractivity contribution in [2.45, 2.75) is 26.2 Å². The van der Waals surface area contributed by atoms with E-state index in [1.54, 1.807) is 0 Å². The molecule has 0 unspecified atom stereocenters. The largest absolute Gasteiger partial charge is 0.309 e. The van der Waals surface area contributed by atoms with E-state index in [2.05, 4.69) is 122 Å². The van der Waals surface area contributed by atoms with Crippen LogP contribution in [0.4, 0.5) is 0 Å². The number of rotatable bonds is 2. The summed E-state index contributed by atoms with van der Waals surface area (Å²) < 4.78 is 2.38. The van der Waals surface area contributed by atoms with Crippen molar-refractivity contribution in [3.63, 3.8) is 0 Å². The Morgan fingerprint density at radius 2 is 1.24 bits per heavy atom. The fourth-order valence-electron chi connectivity index (χ4n) is 4.17. The average Bonchev–Trinajstić information content (AvgIpc) is 3.07. The van der Waals surface area contributed by atoms with E-state index in [4.69, 9.17) is 0 Å². The van der Waals surface area contributed by atoms with E-state index in [1.165, 1.54) is 44.2 Å². The normalized spacial score (nSPS) is 12.0. The van der Waals surface area contributed by atoms with Crippen LogP contribution in [0, 0.1) is 0 Å². The molecule has 1 aromatic heterocycles. The number of benzene rings is 4. The molecule has 1 nitrogen and oxygen atoms in total. The van der Waals surface area contributed by atoms with Gasteiger partial charge in [-0.15, -0.1) is 0 Å². The molecule has 1 heterocycles. The lowest BCUT2D eigenvalue weighted by Crippen LogP contribution is -2.10. The van der Waals surface area contributed by atoms with Crippen LogP contribution >= 0.6 is 0 Å². The van der Waals surface area contributed by atoms with Gasteiger partial charge in [-0.25, -0.2) is 0 Å². The minimum atomic E-state index is 0.138. The van der Waals surface area contributed by atoms with Crippen molar-refractivity contribution in [2.24, 2.45) is 0 Å². The SMILES string of the molecule is CC(C)(C)c1cccc(-c2ccc3c4ccccc4n(-c4ccccc4)c3c2)c1. The van der Waals surface area contributed by atoms with Gasteiger partial charge in [-0.1, -0.05) is 93.6 Å². The molecule has 0 aliphatic carbocycles. The van der Waals surface area contributed by atoms with Crippen molar-refractivity contribution in [3.05, 3.63) is 103 Å². The highest BCUT2D eigenvalue weighted by Gasteiger charge is 2.16. The fourth-order valence-corrected chi connectivity index (χ4v) is 4.17. The fraction of sp³-hybridized carbons (Fsp3) is 0.143. The Morgan fingerprint density at radius 3 is 2.03 bits per heavy atom. The van der Waals surface area contributed by atoms with Gasteiger partial charge in [0, 0.05) is 16.5 Å². The summed E-state index contributed by atoms with van der Waals surface area (Å²) in [5, 5.41) is 2.58. The molecule has 0 saturated carbocycles. The molecule has 1 heteroatoms. The smallest absolute Gasteiger partial charge is 0.0547 e. The van der Waals surface area contributed by atoms with Crippen LogP contribution < -0.4 is 0 Å². The maximum atomic E-state index is 2.38. The Balaban J connectivity index is 1.79. The van der Waals surface area contributed by atoms with E-state index in [0.717, 1.165) is 0 Å². The van der Waals surface area contributed by atoms with Crippen molar-refractivity contribution in [3.8, 4) is 16.8 Å². The highest BCUT2D eigenvalue weighted by Crippen LogP contribution is 2.35. The van der Waals surface area contributed by atoms with Gasteiger partial charge < -0.3 is 4.57 Å². The van der Waals surface area contributed by atoms with Crippen molar-refractivity contribution in [1.29, 1.82) is 0 Å². The highest BCUT2D eigenvalue weighted by atomic mass is 15.0. The van der Waals surface area contributed by atoms with Gasteiger partial charge in [0.25, 0.3) is 0 Å². The molecule has 0 fully saturated rings. The van der Waals surface area contributed by atoms with E-state index < -0.39 is 0 Å². The minimum Gasteiger partial charge on any atom is -0.309 e. The molecule has 0 N–H and O–H groups in total. The number of hydrogen-bond donors (Lipinski definition) is 0. The van der Waals surface area contributed by atoms with E-state index in [1.807, 2.05) is 0 Å². The zero-order valence-electron chi connectivity index (χ0n) is 17.2. The lowest BCUT2D eigenvalue weighted by Gasteiger charge is -2.20. The van der Waals surface area contributed by atoms with Gasteiger partial charge in [-0.3, -0.25) is 0 Å². The quantitative estimate of drug-likeness (QED) is 0.297. The van der Waals surface area contributed by atoms with Crippen LogP contribution in [-0.2, 0) is 5.41 Å². The average molecular weight is 376 g/mol. The Kier molecular flexibility index (Phi) is 4.06. The third-order valence-corrected chi connectivity index (χ3v) is 5.75. The van der Waals surface area contributed by atoms with Crippen molar-refractivity contribution in [2.75, 3.05) is 0 Å². The van der Waals surface area contributed by atoms with Crippen LogP contribution in [0.3, 0.4) is 0 Å². The first kappa shape index (κ1) is 17.8. The van der Waals surface area contributed by atoms with E-state index in [0.29, 0.717) is 0 Å². The molecule has 0 saturated heterocycles. The predicted molar refractivity (Wildman–Crippen MR) is 125 cm³/mol.